The molecular weight excluding hydrogens is 199 g/mol. The van der Waals surface area contributed by atoms with E-state index in [1.54, 1.807) is 25.0 Å². The van der Waals surface area contributed by atoms with Crippen molar-refractivity contribution in [1.82, 2.24) is 0 Å². The number of allylic oxidation sites excluding steroid dienone is 2. The fourth-order valence-corrected chi connectivity index (χ4v) is 1.20. The van der Waals surface area contributed by atoms with E-state index < -0.39 is 13.4 Å². The summed E-state index contributed by atoms with van der Waals surface area (Å²) in [6.07, 6.45) is 3.86. The highest BCUT2D eigenvalue weighted by Crippen LogP contribution is 2.21. The van der Waals surface area contributed by atoms with Gasteiger partial charge in [-0.15, -0.1) is 0 Å². The molecule has 15 heavy (non-hydrogen) atoms. The molecule has 0 bridgehead atoms. The van der Waals surface area contributed by atoms with Crippen LogP contribution in [0.1, 0.15) is 6.92 Å². The highest BCUT2D eigenvalue weighted by molar-refractivity contribution is 6.32. The molecule has 0 aromatic heterocycles. The van der Waals surface area contributed by atoms with Gasteiger partial charge in [-0.25, -0.2) is 4.79 Å². The minimum Gasteiger partial charge on any atom is -0.493 e. The van der Waals surface area contributed by atoms with E-state index in [4.69, 9.17) is 14.8 Å². The van der Waals surface area contributed by atoms with Crippen LogP contribution in [0.15, 0.2) is 29.6 Å². The van der Waals surface area contributed by atoms with Crippen LogP contribution < -0.4 is 0 Å². The second-order valence-electron chi connectivity index (χ2n) is 2.75. The molecule has 0 spiro atoms. The average Bonchev–Trinajstić information content (AvgIpc) is 2.18. The third kappa shape index (κ3) is 3.07. The maximum atomic E-state index is 10.7. The second-order valence-corrected chi connectivity index (χ2v) is 2.75. The summed E-state index contributed by atoms with van der Waals surface area (Å²) >= 11 is 0. The van der Waals surface area contributed by atoms with Gasteiger partial charge < -0.3 is 19.4 Å². The molecule has 0 aromatic carbocycles. The van der Waals surface area contributed by atoms with Gasteiger partial charge in [0, 0.05) is 0 Å². The Morgan fingerprint density at radius 1 is 1.60 bits per heavy atom. The Labute approximate surface area is 87.5 Å². The fourth-order valence-electron chi connectivity index (χ4n) is 1.20. The molecule has 0 saturated heterocycles. The van der Waals surface area contributed by atoms with E-state index in [2.05, 4.69) is 4.65 Å². The fraction of sp³-hybridized carbons (Fsp3) is 0.333. The normalized spacial score (nSPS) is 19.5. The van der Waals surface area contributed by atoms with Gasteiger partial charge in [-0.1, -0.05) is 12.2 Å². The molecule has 1 aliphatic carbocycles. The van der Waals surface area contributed by atoms with E-state index in [1.807, 2.05) is 0 Å². The topological polar surface area (TPSA) is 76.0 Å². The van der Waals surface area contributed by atoms with Gasteiger partial charge in [-0.3, -0.25) is 0 Å². The van der Waals surface area contributed by atoms with Crippen LogP contribution in [0.5, 0.6) is 0 Å². The van der Waals surface area contributed by atoms with Crippen molar-refractivity contribution in [2.45, 2.75) is 13.0 Å². The molecule has 0 radical (unpaired) electrons. The van der Waals surface area contributed by atoms with Crippen molar-refractivity contribution in [3.63, 3.8) is 0 Å². The molecule has 0 aliphatic heterocycles. The summed E-state index contributed by atoms with van der Waals surface area (Å²) in [4.78, 5) is 10.7. The number of rotatable bonds is 4. The number of ether oxygens (including phenoxy) is 1. The number of hydrogen-bond donors (Lipinski definition) is 2. The van der Waals surface area contributed by atoms with Gasteiger partial charge in [-0.2, -0.15) is 0 Å². The molecule has 2 N–H and O–H groups in total. The number of hydrogen-bond acceptors (Lipinski definition) is 5. The average molecular weight is 210 g/mol. The Hall–Kier alpha value is -1.33. The van der Waals surface area contributed by atoms with Crippen LogP contribution in [0.25, 0.3) is 0 Å². The Balaban J connectivity index is 2.83. The first-order valence-electron chi connectivity index (χ1n) is 4.47. The summed E-state index contributed by atoms with van der Waals surface area (Å²) in [5.74, 6) is 2.00. The van der Waals surface area contributed by atoms with Crippen molar-refractivity contribution < 1.29 is 24.2 Å². The van der Waals surface area contributed by atoms with Gasteiger partial charge in [0.15, 0.2) is 0 Å². The first-order chi connectivity index (χ1) is 7.19. The smallest absolute Gasteiger partial charge is 0.493 e. The number of carbonyl (C=O) groups excluding carboxylic acids is 1. The van der Waals surface area contributed by atoms with Crippen molar-refractivity contribution in [3.8, 4) is 0 Å². The summed E-state index contributed by atoms with van der Waals surface area (Å²) in [5, 5.41) is 17.3. The second kappa shape index (κ2) is 5.53. The summed E-state index contributed by atoms with van der Waals surface area (Å²) < 4.78 is 9.84. The third-order valence-corrected chi connectivity index (χ3v) is 1.76. The Morgan fingerprint density at radius 3 is 2.87 bits per heavy atom. The first kappa shape index (κ1) is 11.7. The van der Waals surface area contributed by atoms with Gasteiger partial charge in [0.1, 0.15) is 23.4 Å². The lowest BCUT2D eigenvalue weighted by Crippen LogP contribution is -2.28. The van der Waals surface area contributed by atoms with Crippen LogP contribution in [0, 0.1) is 0 Å². The van der Waals surface area contributed by atoms with Crippen LogP contribution in [0.2, 0.25) is 0 Å². The standard InChI is InChI=1S/C9H11BO5/c1-2-14-8-4-3-5-9(7(8)6-11)15-10(12)13/h3-5,9,12-13H,2H2,1H3. The molecular formula is C9H11BO5. The molecule has 1 rings (SSSR count). The van der Waals surface area contributed by atoms with Gasteiger partial charge in [0.05, 0.1) is 6.61 Å². The Bertz CT molecular complexity index is 327. The predicted octanol–water partition coefficient (Wildman–Crippen LogP) is -0.411. The SMILES string of the molecule is CCOC1=CC=CC(OB(O)O)C1=C=O. The maximum absolute atomic E-state index is 10.7. The zero-order valence-electron chi connectivity index (χ0n) is 8.21. The Morgan fingerprint density at radius 2 is 2.33 bits per heavy atom. The van der Waals surface area contributed by atoms with Crippen LogP contribution >= 0.6 is 0 Å². The molecule has 0 saturated carbocycles. The van der Waals surface area contributed by atoms with E-state index in [0.29, 0.717) is 12.4 Å². The lowest BCUT2D eigenvalue weighted by molar-refractivity contribution is 0.155. The lowest BCUT2D eigenvalue weighted by Gasteiger charge is -2.19. The van der Waals surface area contributed by atoms with Crippen molar-refractivity contribution in [2.75, 3.05) is 6.61 Å². The summed E-state index contributed by atoms with van der Waals surface area (Å²) in [7, 11) is -1.94. The molecule has 0 heterocycles. The van der Waals surface area contributed by atoms with Gasteiger partial charge in [0.2, 0.25) is 0 Å². The van der Waals surface area contributed by atoms with Crippen LogP contribution in [0.3, 0.4) is 0 Å². The first-order valence-corrected chi connectivity index (χ1v) is 4.47. The van der Waals surface area contributed by atoms with Crippen molar-refractivity contribution in [1.29, 1.82) is 0 Å². The van der Waals surface area contributed by atoms with Crippen LogP contribution in [-0.4, -0.2) is 36.0 Å². The highest BCUT2D eigenvalue weighted by atomic mass is 16.6. The molecule has 1 unspecified atom stereocenters. The predicted molar refractivity (Wildman–Crippen MR) is 53.1 cm³/mol. The third-order valence-electron chi connectivity index (χ3n) is 1.76. The summed E-state index contributed by atoms with van der Waals surface area (Å²) in [5.41, 5.74) is 0.118. The molecule has 1 aliphatic rings. The van der Waals surface area contributed by atoms with E-state index in [-0.39, 0.29) is 5.57 Å². The van der Waals surface area contributed by atoms with Crippen molar-refractivity contribution in [3.05, 3.63) is 29.6 Å². The van der Waals surface area contributed by atoms with Gasteiger partial charge >= 0.3 is 7.32 Å². The minimum absolute atomic E-state index is 0.118. The van der Waals surface area contributed by atoms with Crippen LogP contribution in [-0.2, 0) is 14.2 Å². The van der Waals surface area contributed by atoms with E-state index in [0.717, 1.165) is 0 Å². The highest BCUT2D eigenvalue weighted by Gasteiger charge is 2.25. The van der Waals surface area contributed by atoms with E-state index in [9.17, 15) is 4.79 Å². The molecule has 6 heteroatoms. The van der Waals surface area contributed by atoms with E-state index >= 15 is 0 Å². The molecule has 0 fully saturated rings. The largest absolute Gasteiger partial charge is 0.634 e. The van der Waals surface area contributed by atoms with E-state index in [1.165, 1.54) is 6.08 Å². The lowest BCUT2D eigenvalue weighted by atomic mass is 10.0. The molecule has 5 nitrogen and oxygen atoms in total. The molecule has 0 aromatic rings. The minimum atomic E-state index is -1.94. The van der Waals surface area contributed by atoms with Gasteiger partial charge in [-0.05, 0) is 13.0 Å². The quantitative estimate of drug-likeness (QED) is 0.487. The zero-order chi connectivity index (χ0) is 11.3. The monoisotopic (exact) mass is 210 g/mol. The zero-order valence-corrected chi connectivity index (χ0v) is 8.21. The molecule has 1 atom stereocenters. The molecule has 0 amide bonds. The summed E-state index contributed by atoms with van der Waals surface area (Å²) in [6, 6.07) is 0. The summed E-state index contributed by atoms with van der Waals surface area (Å²) in [6.45, 7) is 2.18. The van der Waals surface area contributed by atoms with Gasteiger partial charge in [0.25, 0.3) is 0 Å². The Kier molecular flexibility index (Phi) is 4.33. The van der Waals surface area contributed by atoms with Crippen molar-refractivity contribution >= 4 is 13.3 Å². The maximum Gasteiger partial charge on any atom is 0.634 e. The van der Waals surface area contributed by atoms with Crippen LogP contribution in [0.4, 0.5) is 0 Å². The van der Waals surface area contributed by atoms with Crippen molar-refractivity contribution in [2.24, 2.45) is 0 Å². The molecule has 80 valence electrons.